The molecule has 0 saturated heterocycles. The molecule has 1 aromatic carbocycles. The highest BCUT2D eigenvalue weighted by Crippen LogP contribution is 2.24. The molecule has 0 amide bonds. The van der Waals surface area contributed by atoms with Gasteiger partial charge < -0.3 is 0 Å². The van der Waals surface area contributed by atoms with Crippen molar-refractivity contribution in [3.63, 3.8) is 0 Å². The molecule has 0 bridgehead atoms. The summed E-state index contributed by atoms with van der Waals surface area (Å²) in [5.41, 5.74) is 2.99. The van der Waals surface area contributed by atoms with Crippen LogP contribution >= 0.6 is 0 Å². The van der Waals surface area contributed by atoms with E-state index in [1.165, 1.54) is 12.8 Å². The Bertz CT molecular complexity index is 581. The first kappa shape index (κ1) is 15.3. The van der Waals surface area contributed by atoms with Crippen LogP contribution < -0.4 is 0 Å². The summed E-state index contributed by atoms with van der Waals surface area (Å²) in [5, 5.41) is 0. The summed E-state index contributed by atoms with van der Waals surface area (Å²) in [6.07, 6.45) is 8.58. The van der Waals surface area contributed by atoms with Gasteiger partial charge in [0.1, 0.15) is 0 Å². The highest BCUT2D eigenvalue weighted by molar-refractivity contribution is 5.97. The molecule has 0 atom stereocenters. The van der Waals surface area contributed by atoms with Gasteiger partial charge in [-0.25, -0.2) is 0 Å². The molecular weight excluding hydrogens is 256 g/mol. The van der Waals surface area contributed by atoms with Gasteiger partial charge in [-0.15, -0.1) is 6.58 Å². The van der Waals surface area contributed by atoms with Gasteiger partial charge in [-0.3, -0.25) is 4.79 Å². The minimum atomic E-state index is 0.198. The third-order valence-corrected chi connectivity index (χ3v) is 3.77. The van der Waals surface area contributed by atoms with Crippen LogP contribution in [0.5, 0.6) is 0 Å². The summed E-state index contributed by atoms with van der Waals surface area (Å²) in [6, 6.07) is 9.96. The van der Waals surface area contributed by atoms with Gasteiger partial charge in [0.15, 0.2) is 5.78 Å². The second-order valence-corrected chi connectivity index (χ2v) is 5.40. The number of ketones is 1. The Kier molecular flexibility index (Phi) is 6.03. The van der Waals surface area contributed by atoms with E-state index in [9.17, 15) is 4.79 Å². The monoisotopic (exact) mass is 278 g/mol. The molecule has 1 aliphatic rings. The van der Waals surface area contributed by atoms with Crippen molar-refractivity contribution in [2.75, 3.05) is 0 Å². The van der Waals surface area contributed by atoms with Crippen LogP contribution in [-0.4, -0.2) is 5.78 Å². The van der Waals surface area contributed by atoms with E-state index in [2.05, 4.69) is 18.4 Å². The van der Waals surface area contributed by atoms with Gasteiger partial charge in [0, 0.05) is 23.1 Å². The van der Waals surface area contributed by atoms with E-state index >= 15 is 0 Å². The summed E-state index contributed by atoms with van der Waals surface area (Å²) in [4.78, 5) is 12.3. The molecule has 1 aliphatic carbocycles. The molecule has 0 radical (unpaired) electrons. The first-order chi connectivity index (χ1) is 10.3. The van der Waals surface area contributed by atoms with Gasteiger partial charge in [-0.05, 0) is 37.8 Å². The lowest BCUT2D eigenvalue weighted by atomic mass is 9.90. The van der Waals surface area contributed by atoms with Gasteiger partial charge in [0.25, 0.3) is 0 Å². The average molecular weight is 278 g/mol. The Morgan fingerprint density at radius 2 is 1.76 bits per heavy atom. The molecule has 1 aromatic rings. The smallest absolute Gasteiger partial charge is 0.163 e. The Balaban J connectivity index is 2.31. The molecular formula is C20H22O. The summed E-state index contributed by atoms with van der Waals surface area (Å²) < 4.78 is 0. The average Bonchev–Trinajstić information content (AvgIpc) is 2.47. The second-order valence-electron chi connectivity index (χ2n) is 5.40. The second kappa shape index (κ2) is 8.27. The van der Waals surface area contributed by atoms with Crippen molar-refractivity contribution >= 4 is 5.78 Å². The summed E-state index contributed by atoms with van der Waals surface area (Å²) >= 11 is 0. The zero-order valence-corrected chi connectivity index (χ0v) is 12.5. The van der Waals surface area contributed by atoms with Crippen molar-refractivity contribution < 1.29 is 4.79 Å². The van der Waals surface area contributed by atoms with Gasteiger partial charge >= 0.3 is 0 Å². The standard InChI is InChI=1S/C20H22O/c1-2-10-20(21)19-14-9-4-3-8-13-18(19)16-15-17-11-6-5-7-12-17/h2,5-7,11-12H,1,3-4,8-10,13-14H2/b19-18-. The highest BCUT2D eigenvalue weighted by Gasteiger charge is 2.15. The molecule has 108 valence electrons. The molecule has 0 heterocycles. The summed E-state index contributed by atoms with van der Waals surface area (Å²) in [7, 11) is 0. The minimum Gasteiger partial charge on any atom is -0.294 e. The van der Waals surface area contributed by atoms with Crippen molar-refractivity contribution in [2.24, 2.45) is 0 Å². The SMILES string of the molecule is C=CCC(=O)/C1=C(\C#Cc2ccccc2)CCCCCC1. The molecule has 0 aromatic heterocycles. The number of allylic oxidation sites excluding steroid dienone is 3. The maximum atomic E-state index is 12.3. The van der Waals surface area contributed by atoms with Crippen LogP contribution in [0.1, 0.15) is 50.5 Å². The highest BCUT2D eigenvalue weighted by atomic mass is 16.1. The zero-order chi connectivity index (χ0) is 14.9. The number of carbonyl (C=O) groups is 1. The van der Waals surface area contributed by atoms with E-state index < -0.39 is 0 Å². The molecule has 2 rings (SSSR count). The topological polar surface area (TPSA) is 17.1 Å². The fourth-order valence-corrected chi connectivity index (χ4v) is 2.63. The number of hydrogen-bond acceptors (Lipinski definition) is 1. The van der Waals surface area contributed by atoms with Gasteiger partial charge in [-0.1, -0.05) is 49.0 Å². The number of carbonyl (C=O) groups excluding carboxylic acids is 1. The first-order valence-corrected chi connectivity index (χ1v) is 7.74. The summed E-state index contributed by atoms with van der Waals surface area (Å²) in [6.45, 7) is 3.68. The molecule has 1 heteroatoms. The molecule has 0 aliphatic heterocycles. The number of hydrogen-bond donors (Lipinski definition) is 0. The van der Waals surface area contributed by atoms with E-state index in [1.54, 1.807) is 6.08 Å². The van der Waals surface area contributed by atoms with E-state index in [-0.39, 0.29) is 5.78 Å². The maximum absolute atomic E-state index is 12.3. The van der Waals surface area contributed by atoms with Crippen LogP contribution in [0.15, 0.2) is 54.1 Å². The van der Waals surface area contributed by atoms with Crippen molar-refractivity contribution in [2.45, 2.75) is 44.9 Å². The zero-order valence-electron chi connectivity index (χ0n) is 12.5. The quantitative estimate of drug-likeness (QED) is 0.571. The van der Waals surface area contributed by atoms with Crippen LogP contribution in [0.4, 0.5) is 0 Å². The normalized spacial score (nSPS) is 18.9. The predicted octanol–water partition coefficient (Wildman–Crippen LogP) is 4.83. The largest absolute Gasteiger partial charge is 0.294 e. The minimum absolute atomic E-state index is 0.198. The fraction of sp³-hybridized carbons (Fsp3) is 0.350. The van der Waals surface area contributed by atoms with Crippen LogP contribution in [0.25, 0.3) is 0 Å². The lowest BCUT2D eigenvalue weighted by molar-refractivity contribution is -0.115. The van der Waals surface area contributed by atoms with Gasteiger partial charge in [0.2, 0.25) is 0 Å². The molecule has 0 spiro atoms. The van der Waals surface area contributed by atoms with E-state index in [0.717, 1.165) is 42.4 Å². The van der Waals surface area contributed by atoms with Crippen LogP contribution in [0.2, 0.25) is 0 Å². The first-order valence-electron chi connectivity index (χ1n) is 7.74. The third kappa shape index (κ3) is 4.76. The van der Waals surface area contributed by atoms with Crippen LogP contribution in [0, 0.1) is 11.8 Å². The van der Waals surface area contributed by atoms with E-state index in [1.807, 2.05) is 30.3 Å². The molecule has 0 N–H and O–H groups in total. The Morgan fingerprint density at radius 1 is 1.05 bits per heavy atom. The van der Waals surface area contributed by atoms with Crippen LogP contribution in [-0.2, 0) is 4.79 Å². The third-order valence-electron chi connectivity index (χ3n) is 3.77. The Hall–Kier alpha value is -2.07. The lowest BCUT2D eigenvalue weighted by Crippen LogP contribution is -2.07. The summed E-state index contributed by atoms with van der Waals surface area (Å²) in [5.74, 6) is 6.67. The lowest BCUT2D eigenvalue weighted by Gasteiger charge is -2.13. The van der Waals surface area contributed by atoms with E-state index in [4.69, 9.17) is 0 Å². The predicted molar refractivity (Wildman–Crippen MR) is 87.9 cm³/mol. The maximum Gasteiger partial charge on any atom is 0.163 e. The number of Topliss-reactive ketones (excluding diaryl/α,β-unsaturated/α-hetero) is 1. The van der Waals surface area contributed by atoms with Crippen molar-refractivity contribution in [1.29, 1.82) is 0 Å². The number of rotatable bonds is 3. The Morgan fingerprint density at radius 3 is 2.48 bits per heavy atom. The molecule has 21 heavy (non-hydrogen) atoms. The molecule has 0 saturated carbocycles. The fourth-order valence-electron chi connectivity index (χ4n) is 2.63. The molecule has 0 unspecified atom stereocenters. The number of benzene rings is 1. The van der Waals surface area contributed by atoms with E-state index in [0.29, 0.717) is 6.42 Å². The molecule has 1 nitrogen and oxygen atoms in total. The molecule has 0 fully saturated rings. The van der Waals surface area contributed by atoms with Crippen molar-refractivity contribution in [3.8, 4) is 11.8 Å². The van der Waals surface area contributed by atoms with Crippen LogP contribution in [0.3, 0.4) is 0 Å². The van der Waals surface area contributed by atoms with Gasteiger partial charge in [0.05, 0.1) is 0 Å². The van der Waals surface area contributed by atoms with Crippen molar-refractivity contribution in [3.05, 3.63) is 59.7 Å². The van der Waals surface area contributed by atoms with Crippen molar-refractivity contribution in [1.82, 2.24) is 0 Å². The Labute approximate surface area is 127 Å². The van der Waals surface area contributed by atoms with Gasteiger partial charge in [-0.2, -0.15) is 0 Å².